The van der Waals surface area contributed by atoms with Gasteiger partial charge in [0, 0.05) is 16.5 Å². The summed E-state index contributed by atoms with van der Waals surface area (Å²) in [4.78, 5) is 13.5. The molecular formula is C19H19ClFNOS. The molecule has 24 heavy (non-hydrogen) atoms. The lowest BCUT2D eigenvalue weighted by atomic mass is 9.95. The molecule has 0 atom stereocenters. The molecule has 1 aliphatic carbocycles. The first-order valence-corrected chi connectivity index (χ1v) is 9.39. The van der Waals surface area contributed by atoms with Gasteiger partial charge in [-0.3, -0.25) is 4.79 Å². The van der Waals surface area contributed by atoms with Crippen molar-refractivity contribution in [1.29, 1.82) is 0 Å². The standard InChI is InChI=1S/C19H19ClFNOS/c20-15-4-2-14(3-5-15)19(10-11-19)18(23)22-12-1-13-24-17-8-6-16(21)7-9-17/h2-9H,1,10-13H2,(H,22,23). The summed E-state index contributed by atoms with van der Waals surface area (Å²) in [5.74, 6) is 0.778. The van der Waals surface area contributed by atoms with E-state index in [0.717, 1.165) is 35.5 Å². The molecular weight excluding hydrogens is 345 g/mol. The van der Waals surface area contributed by atoms with Crippen molar-refractivity contribution < 1.29 is 9.18 Å². The van der Waals surface area contributed by atoms with Crippen molar-refractivity contribution in [3.8, 4) is 0 Å². The van der Waals surface area contributed by atoms with Gasteiger partial charge in [0.05, 0.1) is 5.41 Å². The van der Waals surface area contributed by atoms with Gasteiger partial charge in [-0.1, -0.05) is 23.7 Å². The Kier molecular flexibility index (Phi) is 5.47. The summed E-state index contributed by atoms with van der Waals surface area (Å²) >= 11 is 7.58. The molecule has 1 N–H and O–H groups in total. The van der Waals surface area contributed by atoms with E-state index in [2.05, 4.69) is 5.32 Å². The Labute approximate surface area is 150 Å². The van der Waals surface area contributed by atoms with Crippen LogP contribution in [-0.2, 0) is 10.2 Å². The van der Waals surface area contributed by atoms with Gasteiger partial charge in [0.1, 0.15) is 5.82 Å². The zero-order valence-electron chi connectivity index (χ0n) is 13.2. The number of carbonyl (C=O) groups is 1. The zero-order valence-corrected chi connectivity index (χ0v) is 14.8. The van der Waals surface area contributed by atoms with Crippen LogP contribution in [0.25, 0.3) is 0 Å². The highest BCUT2D eigenvalue weighted by Gasteiger charge is 2.50. The maximum atomic E-state index is 12.8. The Morgan fingerprint density at radius 2 is 1.79 bits per heavy atom. The van der Waals surface area contributed by atoms with Crippen LogP contribution in [0.5, 0.6) is 0 Å². The van der Waals surface area contributed by atoms with E-state index >= 15 is 0 Å². The molecule has 0 saturated heterocycles. The summed E-state index contributed by atoms with van der Waals surface area (Å²) in [6.45, 7) is 0.655. The summed E-state index contributed by atoms with van der Waals surface area (Å²) in [6, 6.07) is 14.0. The first-order valence-electron chi connectivity index (χ1n) is 8.03. The molecule has 1 saturated carbocycles. The van der Waals surface area contributed by atoms with Crippen molar-refractivity contribution in [1.82, 2.24) is 5.32 Å². The smallest absolute Gasteiger partial charge is 0.230 e. The number of thioether (sulfide) groups is 1. The van der Waals surface area contributed by atoms with Crippen molar-refractivity contribution in [3.05, 3.63) is 64.9 Å². The van der Waals surface area contributed by atoms with Gasteiger partial charge < -0.3 is 5.32 Å². The highest BCUT2D eigenvalue weighted by Crippen LogP contribution is 2.48. The number of halogens is 2. The molecule has 2 aromatic rings. The number of amides is 1. The fraction of sp³-hybridized carbons (Fsp3) is 0.316. The monoisotopic (exact) mass is 363 g/mol. The van der Waals surface area contributed by atoms with Crippen LogP contribution in [0.3, 0.4) is 0 Å². The maximum absolute atomic E-state index is 12.8. The predicted octanol–water partition coefficient (Wildman–Crippen LogP) is 4.81. The summed E-state index contributed by atoms with van der Waals surface area (Å²) in [7, 11) is 0. The van der Waals surface area contributed by atoms with Crippen LogP contribution in [-0.4, -0.2) is 18.2 Å². The normalized spacial score (nSPS) is 15.1. The summed E-state index contributed by atoms with van der Waals surface area (Å²) in [6.07, 6.45) is 2.67. The van der Waals surface area contributed by atoms with Gasteiger partial charge >= 0.3 is 0 Å². The van der Waals surface area contributed by atoms with E-state index in [1.807, 2.05) is 24.3 Å². The number of benzene rings is 2. The van der Waals surface area contributed by atoms with E-state index < -0.39 is 0 Å². The third-order valence-corrected chi connectivity index (χ3v) is 5.62. The van der Waals surface area contributed by atoms with Crippen molar-refractivity contribution in [2.24, 2.45) is 0 Å². The van der Waals surface area contributed by atoms with E-state index in [-0.39, 0.29) is 17.1 Å². The topological polar surface area (TPSA) is 29.1 Å². The average molecular weight is 364 g/mol. The van der Waals surface area contributed by atoms with Crippen LogP contribution in [0.2, 0.25) is 5.02 Å². The molecule has 3 rings (SSSR count). The minimum absolute atomic E-state index is 0.108. The highest BCUT2D eigenvalue weighted by molar-refractivity contribution is 7.99. The average Bonchev–Trinajstić information content (AvgIpc) is 3.38. The van der Waals surface area contributed by atoms with Crippen molar-refractivity contribution in [3.63, 3.8) is 0 Å². The predicted molar refractivity (Wildman–Crippen MR) is 97.1 cm³/mol. The minimum Gasteiger partial charge on any atom is -0.355 e. The molecule has 1 fully saturated rings. The Hall–Kier alpha value is -1.52. The molecule has 0 bridgehead atoms. The second kappa shape index (κ2) is 7.58. The van der Waals surface area contributed by atoms with Gasteiger partial charge in [-0.2, -0.15) is 0 Å². The molecule has 126 valence electrons. The minimum atomic E-state index is -0.352. The molecule has 0 aliphatic heterocycles. The van der Waals surface area contributed by atoms with Crippen LogP contribution >= 0.6 is 23.4 Å². The summed E-state index contributed by atoms with van der Waals surface area (Å²) in [5, 5.41) is 3.74. The number of hydrogen-bond acceptors (Lipinski definition) is 2. The van der Waals surface area contributed by atoms with Crippen molar-refractivity contribution >= 4 is 29.3 Å². The van der Waals surface area contributed by atoms with Crippen LogP contribution < -0.4 is 5.32 Å². The third-order valence-electron chi connectivity index (χ3n) is 4.27. The van der Waals surface area contributed by atoms with E-state index in [1.165, 1.54) is 12.1 Å². The second-order valence-corrected chi connectivity index (χ2v) is 7.61. The lowest BCUT2D eigenvalue weighted by molar-refractivity contribution is -0.123. The Morgan fingerprint density at radius 1 is 1.12 bits per heavy atom. The molecule has 1 amide bonds. The molecule has 0 aromatic heterocycles. The maximum Gasteiger partial charge on any atom is 0.230 e. The largest absolute Gasteiger partial charge is 0.355 e. The van der Waals surface area contributed by atoms with Gasteiger partial charge in [-0.05, 0) is 67.0 Å². The second-order valence-electron chi connectivity index (χ2n) is 6.00. The van der Waals surface area contributed by atoms with E-state index in [9.17, 15) is 9.18 Å². The molecule has 5 heteroatoms. The number of hydrogen-bond donors (Lipinski definition) is 1. The molecule has 0 unspecified atom stereocenters. The van der Waals surface area contributed by atoms with Crippen LogP contribution in [0.4, 0.5) is 4.39 Å². The molecule has 0 radical (unpaired) electrons. The van der Waals surface area contributed by atoms with Crippen molar-refractivity contribution in [2.45, 2.75) is 29.6 Å². The van der Waals surface area contributed by atoms with Gasteiger partial charge in [0.15, 0.2) is 0 Å². The Morgan fingerprint density at radius 3 is 2.42 bits per heavy atom. The van der Waals surface area contributed by atoms with E-state index in [4.69, 9.17) is 11.6 Å². The third kappa shape index (κ3) is 4.11. The van der Waals surface area contributed by atoms with Crippen LogP contribution in [0, 0.1) is 5.82 Å². The number of carbonyl (C=O) groups excluding carboxylic acids is 1. The molecule has 2 nitrogen and oxygen atoms in total. The molecule has 1 aliphatic rings. The van der Waals surface area contributed by atoms with Gasteiger partial charge in [0.2, 0.25) is 5.91 Å². The van der Waals surface area contributed by atoms with Gasteiger partial charge in [-0.25, -0.2) is 4.39 Å². The van der Waals surface area contributed by atoms with Gasteiger partial charge in [0.25, 0.3) is 0 Å². The Bertz CT molecular complexity index is 698. The SMILES string of the molecule is O=C(NCCCSc1ccc(F)cc1)C1(c2ccc(Cl)cc2)CC1. The van der Waals surface area contributed by atoms with Crippen LogP contribution in [0.1, 0.15) is 24.8 Å². The molecule has 2 aromatic carbocycles. The zero-order chi connectivity index (χ0) is 17.0. The molecule has 0 spiro atoms. The summed E-state index contributed by atoms with van der Waals surface area (Å²) in [5.41, 5.74) is 0.694. The Balaban J connectivity index is 1.42. The lowest BCUT2D eigenvalue weighted by Crippen LogP contribution is -2.35. The lowest BCUT2D eigenvalue weighted by Gasteiger charge is -2.16. The summed E-state index contributed by atoms with van der Waals surface area (Å²) < 4.78 is 12.8. The number of nitrogens with one attached hydrogen (secondary N) is 1. The fourth-order valence-corrected chi connectivity index (χ4v) is 3.68. The van der Waals surface area contributed by atoms with E-state index in [1.54, 1.807) is 23.9 Å². The first-order chi connectivity index (χ1) is 11.6. The highest BCUT2D eigenvalue weighted by atomic mass is 35.5. The molecule has 0 heterocycles. The van der Waals surface area contributed by atoms with Crippen molar-refractivity contribution in [2.75, 3.05) is 12.3 Å². The quantitative estimate of drug-likeness (QED) is 0.565. The first kappa shape index (κ1) is 17.3. The van der Waals surface area contributed by atoms with E-state index in [0.29, 0.717) is 11.6 Å². The number of rotatable bonds is 7. The van der Waals surface area contributed by atoms with Crippen LogP contribution in [0.15, 0.2) is 53.4 Å². The van der Waals surface area contributed by atoms with Gasteiger partial charge in [-0.15, -0.1) is 11.8 Å². The fourth-order valence-electron chi connectivity index (χ4n) is 2.70.